The molecule has 3 N–H and O–H groups in total. The van der Waals surface area contributed by atoms with Crippen molar-refractivity contribution in [3.63, 3.8) is 0 Å². The smallest absolute Gasteiger partial charge is 0.250 e. The Morgan fingerprint density at radius 3 is 2.66 bits per heavy atom. The van der Waals surface area contributed by atoms with Crippen LogP contribution in [0.1, 0.15) is 17.9 Å². The lowest BCUT2D eigenvalue weighted by atomic mass is 9.89. The predicted octanol–water partition coefficient (Wildman–Crippen LogP) is 2.48. The van der Waals surface area contributed by atoms with Gasteiger partial charge >= 0.3 is 0 Å². The van der Waals surface area contributed by atoms with Gasteiger partial charge in [-0.25, -0.2) is 4.39 Å². The molecular formula is C20H20FN3O5. The summed E-state index contributed by atoms with van der Waals surface area (Å²) in [5.41, 5.74) is 1.39. The van der Waals surface area contributed by atoms with Crippen molar-refractivity contribution in [3.8, 4) is 5.75 Å². The minimum absolute atomic E-state index is 0.127. The van der Waals surface area contributed by atoms with Crippen LogP contribution in [0.25, 0.3) is 0 Å². The SMILES string of the molecule is COCC(=O)Nc1ccc(OC)cc1NC(=O)C1CC(=O)Nc2ccc(F)cc21. The van der Waals surface area contributed by atoms with Crippen LogP contribution in [0, 0.1) is 5.82 Å². The van der Waals surface area contributed by atoms with Crippen molar-refractivity contribution in [2.45, 2.75) is 12.3 Å². The van der Waals surface area contributed by atoms with E-state index >= 15 is 0 Å². The van der Waals surface area contributed by atoms with Crippen molar-refractivity contribution in [1.29, 1.82) is 0 Å². The second kappa shape index (κ2) is 8.70. The first-order chi connectivity index (χ1) is 13.9. The maximum absolute atomic E-state index is 13.7. The van der Waals surface area contributed by atoms with Crippen LogP contribution in [0.2, 0.25) is 0 Å². The van der Waals surface area contributed by atoms with E-state index in [4.69, 9.17) is 9.47 Å². The van der Waals surface area contributed by atoms with Crippen molar-refractivity contribution < 1.29 is 28.2 Å². The second-order valence-electron chi connectivity index (χ2n) is 6.42. The van der Waals surface area contributed by atoms with Crippen molar-refractivity contribution in [3.05, 3.63) is 47.8 Å². The highest BCUT2D eigenvalue weighted by Crippen LogP contribution is 2.35. The normalized spacial score (nSPS) is 15.1. The van der Waals surface area contributed by atoms with Crippen LogP contribution in [0.5, 0.6) is 5.75 Å². The number of rotatable bonds is 6. The molecule has 2 aromatic carbocycles. The highest BCUT2D eigenvalue weighted by atomic mass is 19.1. The first kappa shape index (κ1) is 20.3. The minimum Gasteiger partial charge on any atom is -0.497 e. The Morgan fingerprint density at radius 1 is 1.14 bits per heavy atom. The Kier molecular flexibility index (Phi) is 6.08. The molecule has 1 unspecified atom stereocenters. The van der Waals surface area contributed by atoms with Gasteiger partial charge < -0.3 is 25.4 Å². The summed E-state index contributed by atoms with van der Waals surface area (Å²) in [4.78, 5) is 36.8. The topological polar surface area (TPSA) is 106 Å². The van der Waals surface area contributed by atoms with Crippen molar-refractivity contribution >= 4 is 34.8 Å². The highest BCUT2D eigenvalue weighted by Gasteiger charge is 2.31. The molecule has 2 aromatic rings. The molecule has 1 atom stereocenters. The quantitative estimate of drug-likeness (QED) is 0.690. The Morgan fingerprint density at radius 2 is 1.93 bits per heavy atom. The molecule has 3 amide bonds. The molecule has 0 aromatic heterocycles. The van der Waals surface area contributed by atoms with Crippen LogP contribution in [0.15, 0.2) is 36.4 Å². The molecule has 8 nitrogen and oxygen atoms in total. The van der Waals surface area contributed by atoms with Gasteiger partial charge in [0.1, 0.15) is 18.2 Å². The van der Waals surface area contributed by atoms with Crippen LogP contribution in [-0.4, -0.2) is 38.5 Å². The van der Waals surface area contributed by atoms with E-state index < -0.39 is 23.5 Å². The van der Waals surface area contributed by atoms with Crippen molar-refractivity contribution in [2.75, 3.05) is 36.8 Å². The zero-order valence-corrected chi connectivity index (χ0v) is 15.9. The Labute approximate surface area is 166 Å². The fourth-order valence-corrected chi connectivity index (χ4v) is 3.07. The summed E-state index contributed by atoms with van der Waals surface area (Å²) in [6.07, 6.45) is -0.127. The average molecular weight is 401 g/mol. The number of hydrogen-bond acceptors (Lipinski definition) is 5. The summed E-state index contributed by atoms with van der Waals surface area (Å²) in [6.45, 7) is -0.158. The number of amides is 3. The number of methoxy groups -OCH3 is 2. The standard InChI is InChI=1S/C20H20FN3O5/c1-28-10-19(26)23-16-6-4-12(29-2)8-17(16)24-20(27)14-9-18(25)22-15-5-3-11(21)7-13(14)15/h3-8,14H,9-10H2,1-2H3,(H,22,25)(H,23,26)(H,24,27). The third-order valence-electron chi connectivity index (χ3n) is 4.40. The molecule has 0 spiro atoms. The van der Waals surface area contributed by atoms with Gasteiger partial charge in [-0.1, -0.05) is 0 Å². The van der Waals surface area contributed by atoms with Gasteiger partial charge in [-0.15, -0.1) is 0 Å². The van der Waals surface area contributed by atoms with Crippen molar-refractivity contribution in [1.82, 2.24) is 0 Å². The fourth-order valence-electron chi connectivity index (χ4n) is 3.07. The predicted molar refractivity (Wildman–Crippen MR) is 105 cm³/mol. The van der Waals surface area contributed by atoms with Gasteiger partial charge in [0, 0.05) is 25.3 Å². The van der Waals surface area contributed by atoms with E-state index in [0.717, 1.165) is 0 Å². The number of nitrogens with one attached hydrogen (secondary N) is 3. The number of anilines is 3. The fraction of sp³-hybridized carbons (Fsp3) is 0.250. The van der Waals surface area contributed by atoms with Crippen LogP contribution in [0.3, 0.4) is 0 Å². The van der Waals surface area contributed by atoms with Gasteiger partial charge in [-0.05, 0) is 35.9 Å². The average Bonchev–Trinajstić information content (AvgIpc) is 2.69. The lowest BCUT2D eigenvalue weighted by Crippen LogP contribution is -2.31. The van der Waals surface area contributed by atoms with E-state index in [-0.39, 0.29) is 24.6 Å². The molecule has 0 bridgehead atoms. The van der Waals surface area contributed by atoms with E-state index in [0.29, 0.717) is 22.7 Å². The molecule has 29 heavy (non-hydrogen) atoms. The van der Waals surface area contributed by atoms with Crippen molar-refractivity contribution in [2.24, 2.45) is 0 Å². The number of carbonyl (C=O) groups excluding carboxylic acids is 3. The van der Waals surface area contributed by atoms with E-state index in [1.807, 2.05) is 0 Å². The maximum Gasteiger partial charge on any atom is 0.250 e. The van der Waals surface area contributed by atoms with Crippen LogP contribution in [-0.2, 0) is 19.1 Å². The third-order valence-corrected chi connectivity index (χ3v) is 4.40. The molecule has 9 heteroatoms. The lowest BCUT2D eigenvalue weighted by molar-refractivity contribution is -0.123. The number of hydrogen-bond donors (Lipinski definition) is 3. The minimum atomic E-state index is -0.886. The van der Waals surface area contributed by atoms with Crippen LogP contribution in [0.4, 0.5) is 21.5 Å². The zero-order valence-electron chi connectivity index (χ0n) is 15.9. The van der Waals surface area contributed by atoms with Crippen LogP contribution < -0.4 is 20.7 Å². The highest BCUT2D eigenvalue weighted by molar-refractivity contribution is 6.07. The number of fused-ring (bicyclic) bond motifs is 1. The summed E-state index contributed by atoms with van der Waals surface area (Å²) in [5, 5.41) is 7.97. The molecule has 0 fully saturated rings. The van der Waals surface area contributed by atoms with E-state index in [9.17, 15) is 18.8 Å². The monoisotopic (exact) mass is 401 g/mol. The second-order valence-corrected chi connectivity index (χ2v) is 6.42. The summed E-state index contributed by atoms with van der Waals surface area (Å²) in [5.74, 6) is -2.20. The molecule has 0 saturated carbocycles. The van der Waals surface area contributed by atoms with E-state index in [1.54, 1.807) is 12.1 Å². The molecule has 0 saturated heterocycles. The van der Waals surface area contributed by atoms with Gasteiger partial charge in [0.2, 0.25) is 17.7 Å². The molecule has 152 valence electrons. The first-order valence-electron chi connectivity index (χ1n) is 8.78. The summed E-state index contributed by atoms with van der Waals surface area (Å²) in [7, 11) is 2.86. The van der Waals surface area contributed by atoms with Gasteiger partial charge in [-0.3, -0.25) is 14.4 Å². The van der Waals surface area contributed by atoms with E-state index in [2.05, 4.69) is 16.0 Å². The Bertz CT molecular complexity index is 963. The number of benzene rings is 2. The zero-order chi connectivity index (χ0) is 21.0. The lowest BCUT2D eigenvalue weighted by Gasteiger charge is -2.25. The Hall–Kier alpha value is -3.46. The molecule has 3 rings (SSSR count). The first-order valence-corrected chi connectivity index (χ1v) is 8.78. The molecular weight excluding hydrogens is 381 g/mol. The van der Waals surface area contributed by atoms with Crippen LogP contribution >= 0.6 is 0 Å². The largest absolute Gasteiger partial charge is 0.497 e. The molecule has 0 radical (unpaired) electrons. The number of carbonyl (C=O) groups is 3. The third kappa shape index (κ3) is 4.69. The van der Waals surface area contributed by atoms with E-state index in [1.165, 1.54) is 38.5 Å². The summed E-state index contributed by atoms with van der Waals surface area (Å²) >= 11 is 0. The summed E-state index contributed by atoms with van der Waals surface area (Å²) < 4.78 is 23.7. The van der Waals surface area contributed by atoms with Gasteiger partial charge in [0.05, 0.1) is 24.4 Å². The molecule has 0 aliphatic carbocycles. The molecule has 1 aliphatic rings. The van der Waals surface area contributed by atoms with Gasteiger partial charge in [-0.2, -0.15) is 0 Å². The summed E-state index contributed by atoms with van der Waals surface area (Å²) in [6, 6.07) is 8.59. The number of ether oxygens (including phenoxy) is 2. The Balaban J connectivity index is 1.89. The molecule has 1 aliphatic heterocycles. The van der Waals surface area contributed by atoms with Gasteiger partial charge in [0.25, 0.3) is 0 Å². The maximum atomic E-state index is 13.7. The molecule has 1 heterocycles. The number of halogens is 1. The van der Waals surface area contributed by atoms with Gasteiger partial charge in [0.15, 0.2) is 0 Å².